The van der Waals surface area contributed by atoms with E-state index in [-0.39, 0.29) is 19.0 Å². The molecular formula is C17H13ClO3. The van der Waals surface area contributed by atoms with Gasteiger partial charge < -0.3 is 9.15 Å². The SMILES string of the molecule is O=C(Cc1ccc(Cl)cc1)OCc1cc2ccccc2o1. The number of hydrogen-bond donors (Lipinski definition) is 0. The summed E-state index contributed by atoms with van der Waals surface area (Å²) in [4.78, 5) is 11.8. The van der Waals surface area contributed by atoms with E-state index >= 15 is 0 Å². The van der Waals surface area contributed by atoms with E-state index in [0.717, 1.165) is 16.5 Å². The molecular weight excluding hydrogens is 288 g/mol. The Bertz CT molecular complexity index is 726. The van der Waals surface area contributed by atoms with Gasteiger partial charge >= 0.3 is 5.97 Å². The van der Waals surface area contributed by atoms with Crippen molar-refractivity contribution in [3.63, 3.8) is 0 Å². The Hall–Kier alpha value is -2.26. The molecule has 3 rings (SSSR count). The van der Waals surface area contributed by atoms with Gasteiger partial charge in [-0.2, -0.15) is 0 Å². The van der Waals surface area contributed by atoms with Crippen LogP contribution in [0.1, 0.15) is 11.3 Å². The Kier molecular flexibility index (Phi) is 3.93. The first kappa shape index (κ1) is 13.7. The third-order valence-corrected chi connectivity index (χ3v) is 3.37. The fourth-order valence-electron chi connectivity index (χ4n) is 2.08. The van der Waals surface area contributed by atoms with E-state index in [2.05, 4.69) is 0 Å². The summed E-state index contributed by atoms with van der Waals surface area (Å²) in [5.74, 6) is 0.346. The van der Waals surface area contributed by atoms with Crippen molar-refractivity contribution >= 4 is 28.5 Å². The Morgan fingerprint density at radius 3 is 2.62 bits per heavy atom. The first-order chi connectivity index (χ1) is 10.2. The van der Waals surface area contributed by atoms with Crippen molar-refractivity contribution in [2.45, 2.75) is 13.0 Å². The molecule has 3 aromatic rings. The van der Waals surface area contributed by atoms with Gasteiger partial charge in [-0.15, -0.1) is 0 Å². The third-order valence-electron chi connectivity index (χ3n) is 3.11. The lowest BCUT2D eigenvalue weighted by atomic mass is 10.1. The van der Waals surface area contributed by atoms with Crippen molar-refractivity contribution in [3.8, 4) is 0 Å². The molecule has 21 heavy (non-hydrogen) atoms. The molecule has 4 heteroatoms. The number of hydrogen-bond acceptors (Lipinski definition) is 3. The quantitative estimate of drug-likeness (QED) is 0.672. The maximum atomic E-state index is 11.8. The van der Waals surface area contributed by atoms with Crippen LogP contribution >= 0.6 is 11.6 Å². The highest BCUT2D eigenvalue weighted by Gasteiger charge is 2.08. The van der Waals surface area contributed by atoms with E-state index in [1.54, 1.807) is 12.1 Å². The zero-order valence-electron chi connectivity index (χ0n) is 11.2. The van der Waals surface area contributed by atoms with Crippen LogP contribution in [0.15, 0.2) is 59.0 Å². The molecule has 0 saturated heterocycles. The molecule has 0 spiro atoms. The molecule has 0 aliphatic carbocycles. The van der Waals surface area contributed by atoms with Gasteiger partial charge in [-0.05, 0) is 29.8 Å². The molecule has 0 N–H and O–H groups in total. The molecule has 0 fully saturated rings. The number of ether oxygens (including phenoxy) is 1. The van der Waals surface area contributed by atoms with Crippen LogP contribution in [-0.4, -0.2) is 5.97 Å². The highest BCUT2D eigenvalue weighted by atomic mass is 35.5. The van der Waals surface area contributed by atoms with Crippen molar-refractivity contribution in [2.24, 2.45) is 0 Å². The molecule has 1 aromatic heterocycles. The van der Waals surface area contributed by atoms with Crippen LogP contribution < -0.4 is 0 Å². The largest absolute Gasteiger partial charge is 0.457 e. The van der Waals surface area contributed by atoms with Crippen molar-refractivity contribution in [1.29, 1.82) is 0 Å². The van der Waals surface area contributed by atoms with Gasteiger partial charge in [-0.1, -0.05) is 41.9 Å². The Labute approximate surface area is 127 Å². The van der Waals surface area contributed by atoms with Gasteiger partial charge in [0.15, 0.2) is 0 Å². The molecule has 0 amide bonds. The summed E-state index contributed by atoms with van der Waals surface area (Å²) in [6.07, 6.45) is 0.220. The molecule has 3 nitrogen and oxygen atoms in total. The number of esters is 1. The van der Waals surface area contributed by atoms with Crippen molar-refractivity contribution in [3.05, 3.63) is 70.9 Å². The second-order valence-corrected chi connectivity index (χ2v) is 5.15. The smallest absolute Gasteiger partial charge is 0.310 e. The minimum atomic E-state index is -0.294. The first-order valence-electron chi connectivity index (χ1n) is 6.58. The van der Waals surface area contributed by atoms with Gasteiger partial charge in [0.05, 0.1) is 6.42 Å². The number of rotatable bonds is 4. The fourth-order valence-corrected chi connectivity index (χ4v) is 2.21. The molecule has 106 valence electrons. The van der Waals surface area contributed by atoms with Crippen LogP contribution in [0.4, 0.5) is 0 Å². The van der Waals surface area contributed by atoms with E-state index in [0.29, 0.717) is 10.8 Å². The molecule has 1 heterocycles. The topological polar surface area (TPSA) is 39.4 Å². The summed E-state index contributed by atoms with van der Waals surface area (Å²) >= 11 is 5.80. The zero-order valence-corrected chi connectivity index (χ0v) is 12.0. The lowest BCUT2D eigenvalue weighted by Gasteiger charge is -2.03. The van der Waals surface area contributed by atoms with E-state index in [4.69, 9.17) is 20.8 Å². The number of para-hydroxylation sites is 1. The maximum Gasteiger partial charge on any atom is 0.310 e. The summed E-state index contributed by atoms with van der Waals surface area (Å²) in [6, 6.07) is 16.7. The third kappa shape index (κ3) is 3.44. The zero-order chi connectivity index (χ0) is 14.7. The van der Waals surface area contributed by atoms with E-state index in [1.807, 2.05) is 42.5 Å². The lowest BCUT2D eigenvalue weighted by molar-refractivity contribution is -0.144. The van der Waals surface area contributed by atoms with E-state index in [1.165, 1.54) is 0 Å². The van der Waals surface area contributed by atoms with Crippen molar-refractivity contribution < 1.29 is 13.9 Å². The van der Waals surface area contributed by atoms with Crippen molar-refractivity contribution in [1.82, 2.24) is 0 Å². The highest BCUT2D eigenvalue weighted by Crippen LogP contribution is 2.19. The number of carbonyl (C=O) groups excluding carboxylic acids is 1. The molecule has 0 saturated carbocycles. The Balaban J connectivity index is 1.59. The fraction of sp³-hybridized carbons (Fsp3) is 0.118. The normalized spacial score (nSPS) is 10.7. The molecule has 0 unspecified atom stereocenters. The number of benzene rings is 2. The van der Waals surface area contributed by atoms with Crippen LogP contribution in [0.25, 0.3) is 11.0 Å². The highest BCUT2D eigenvalue weighted by molar-refractivity contribution is 6.30. The van der Waals surface area contributed by atoms with Gasteiger partial charge in [0.1, 0.15) is 18.0 Å². The minimum absolute atomic E-state index is 0.140. The van der Waals surface area contributed by atoms with Crippen LogP contribution in [0.5, 0.6) is 0 Å². The van der Waals surface area contributed by atoms with E-state index in [9.17, 15) is 4.79 Å². The molecule has 0 radical (unpaired) electrons. The number of carbonyl (C=O) groups is 1. The summed E-state index contributed by atoms with van der Waals surface area (Å²) < 4.78 is 10.8. The lowest BCUT2D eigenvalue weighted by Crippen LogP contribution is -2.07. The Morgan fingerprint density at radius 1 is 1.10 bits per heavy atom. The first-order valence-corrected chi connectivity index (χ1v) is 6.96. The number of fused-ring (bicyclic) bond motifs is 1. The second-order valence-electron chi connectivity index (χ2n) is 4.71. The summed E-state index contributed by atoms with van der Waals surface area (Å²) in [6.45, 7) is 0.140. The van der Waals surface area contributed by atoms with Gasteiger partial charge in [0.2, 0.25) is 0 Å². The van der Waals surface area contributed by atoms with Gasteiger partial charge in [-0.25, -0.2) is 0 Å². The van der Waals surface area contributed by atoms with Crippen molar-refractivity contribution in [2.75, 3.05) is 0 Å². The number of halogens is 1. The molecule has 0 bridgehead atoms. The van der Waals surface area contributed by atoms with Gasteiger partial charge in [0, 0.05) is 10.4 Å². The number of furan rings is 1. The molecule has 0 aliphatic rings. The predicted molar refractivity (Wildman–Crippen MR) is 81.2 cm³/mol. The molecule has 2 aromatic carbocycles. The summed E-state index contributed by atoms with van der Waals surface area (Å²) in [5, 5.41) is 1.65. The van der Waals surface area contributed by atoms with Crippen LogP contribution in [-0.2, 0) is 22.6 Å². The second kappa shape index (κ2) is 6.02. The van der Waals surface area contributed by atoms with Crippen LogP contribution in [0.2, 0.25) is 5.02 Å². The summed E-state index contributed by atoms with van der Waals surface area (Å²) in [7, 11) is 0. The summed E-state index contributed by atoms with van der Waals surface area (Å²) in [5.41, 5.74) is 1.66. The van der Waals surface area contributed by atoms with Gasteiger partial charge in [-0.3, -0.25) is 4.79 Å². The standard InChI is InChI=1S/C17H13ClO3/c18-14-7-5-12(6-8-14)9-17(19)20-11-15-10-13-3-1-2-4-16(13)21-15/h1-8,10H,9,11H2. The van der Waals surface area contributed by atoms with Crippen LogP contribution in [0.3, 0.4) is 0 Å². The van der Waals surface area contributed by atoms with Gasteiger partial charge in [0.25, 0.3) is 0 Å². The van der Waals surface area contributed by atoms with Crippen LogP contribution in [0, 0.1) is 0 Å². The molecule has 0 aliphatic heterocycles. The Morgan fingerprint density at radius 2 is 1.86 bits per heavy atom. The van der Waals surface area contributed by atoms with E-state index < -0.39 is 0 Å². The average Bonchev–Trinajstić information content (AvgIpc) is 2.90. The maximum absolute atomic E-state index is 11.8. The monoisotopic (exact) mass is 300 g/mol. The minimum Gasteiger partial charge on any atom is -0.457 e. The predicted octanol–water partition coefficient (Wildman–Crippen LogP) is 4.37. The molecule has 0 atom stereocenters. The average molecular weight is 301 g/mol.